The molecule has 2 aromatic carbocycles. The zero-order valence-electron chi connectivity index (χ0n) is 20.1. The molecule has 0 N–H and O–H groups in total. The van der Waals surface area contributed by atoms with E-state index in [1.54, 1.807) is 0 Å². The average Bonchev–Trinajstić information content (AvgIpc) is 2.84. The van der Waals surface area contributed by atoms with Crippen molar-refractivity contribution in [2.75, 3.05) is 13.2 Å². The highest BCUT2D eigenvalue weighted by atomic mass is 16.7. The summed E-state index contributed by atoms with van der Waals surface area (Å²) in [4.78, 5) is 12.4. The third kappa shape index (κ3) is 10.3. The predicted molar refractivity (Wildman–Crippen MR) is 133 cm³/mol. The molecule has 3 heteroatoms. The highest BCUT2D eigenvalue weighted by Gasteiger charge is 2.18. The molecular formula is C29H42O3. The lowest BCUT2D eigenvalue weighted by Gasteiger charge is -2.19. The summed E-state index contributed by atoms with van der Waals surface area (Å²) in [7, 11) is 0. The summed E-state index contributed by atoms with van der Waals surface area (Å²) in [6.07, 6.45) is 11.2. The number of ether oxygens (including phenoxy) is 2. The van der Waals surface area contributed by atoms with Crippen LogP contribution < -0.4 is 0 Å². The van der Waals surface area contributed by atoms with Gasteiger partial charge < -0.3 is 9.47 Å². The van der Waals surface area contributed by atoms with Gasteiger partial charge in [0.1, 0.15) is 13.2 Å². The van der Waals surface area contributed by atoms with Crippen molar-refractivity contribution >= 4 is 6.16 Å². The van der Waals surface area contributed by atoms with Gasteiger partial charge in [0, 0.05) is 11.8 Å². The van der Waals surface area contributed by atoms with Crippen LogP contribution >= 0.6 is 0 Å². The molecule has 0 aliphatic carbocycles. The summed E-state index contributed by atoms with van der Waals surface area (Å²) >= 11 is 0. The molecule has 0 aliphatic rings. The first kappa shape index (κ1) is 26.0. The molecule has 0 fully saturated rings. The van der Waals surface area contributed by atoms with Gasteiger partial charge in [0.25, 0.3) is 0 Å². The minimum absolute atomic E-state index is 0.222. The Hall–Kier alpha value is -2.29. The van der Waals surface area contributed by atoms with E-state index < -0.39 is 6.16 Å². The number of unbranched alkanes of at least 4 members (excludes halogenated alkanes) is 6. The standard InChI is InChI=1S/C29H42O3/c1-3-5-7-11-21-27(25-17-13-9-14-18-25)23-31-29(30)32-24-28(22-12-8-6-4-2)26-19-15-10-16-20-26/h9-10,13-20,27-28H,3-8,11-12,21-24H2,1-2H3. The van der Waals surface area contributed by atoms with Gasteiger partial charge in [0.15, 0.2) is 0 Å². The summed E-state index contributed by atoms with van der Waals surface area (Å²) in [6, 6.07) is 20.8. The number of hydrogen-bond acceptors (Lipinski definition) is 3. The van der Waals surface area contributed by atoms with E-state index in [1.807, 2.05) is 12.1 Å². The maximum Gasteiger partial charge on any atom is 0.508 e. The van der Waals surface area contributed by atoms with E-state index in [1.165, 1.54) is 49.7 Å². The maximum absolute atomic E-state index is 12.4. The van der Waals surface area contributed by atoms with Crippen molar-refractivity contribution in [3.05, 3.63) is 71.8 Å². The first-order valence-electron chi connectivity index (χ1n) is 12.6. The number of benzene rings is 2. The Morgan fingerprint density at radius 3 is 1.41 bits per heavy atom. The van der Waals surface area contributed by atoms with Gasteiger partial charge in [-0.3, -0.25) is 0 Å². The number of hydrogen-bond donors (Lipinski definition) is 0. The summed E-state index contributed by atoms with van der Waals surface area (Å²) < 4.78 is 11.2. The maximum atomic E-state index is 12.4. The molecule has 2 unspecified atom stereocenters. The van der Waals surface area contributed by atoms with E-state index in [-0.39, 0.29) is 11.8 Å². The molecule has 2 atom stereocenters. The normalized spacial score (nSPS) is 12.8. The van der Waals surface area contributed by atoms with E-state index in [4.69, 9.17) is 9.47 Å². The smallest absolute Gasteiger partial charge is 0.434 e. The first-order valence-corrected chi connectivity index (χ1v) is 12.6. The lowest BCUT2D eigenvalue weighted by molar-refractivity contribution is 0.0452. The van der Waals surface area contributed by atoms with Crippen LogP contribution in [-0.2, 0) is 9.47 Å². The Balaban J connectivity index is 1.85. The summed E-state index contributed by atoms with van der Waals surface area (Å²) in [5.74, 6) is 0.444. The van der Waals surface area contributed by atoms with E-state index in [9.17, 15) is 4.79 Å². The van der Waals surface area contributed by atoms with Gasteiger partial charge in [-0.25, -0.2) is 4.79 Å². The average molecular weight is 439 g/mol. The Morgan fingerprint density at radius 2 is 1.03 bits per heavy atom. The second-order valence-corrected chi connectivity index (χ2v) is 8.79. The van der Waals surface area contributed by atoms with Crippen LogP contribution in [-0.4, -0.2) is 19.4 Å². The molecule has 0 saturated carbocycles. The zero-order chi connectivity index (χ0) is 22.9. The molecule has 0 spiro atoms. The highest BCUT2D eigenvalue weighted by molar-refractivity contribution is 5.60. The van der Waals surface area contributed by atoms with Crippen molar-refractivity contribution in [3.63, 3.8) is 0 Å². The van der Waals surface area contributed by atoms with Gasteiger partial charge >= 0.3 is 6.16 Å². The molecule has 176 valence electrons. The van der Waals surface area contributed by atoms with Crippen molar-refractivity contribution in [3.8, 4) is 0 Å². The molecule has 32 heavy (non-hydrogen) atoms. The van der Waals surface area contributed by atoms with Gasteiger partial charge in [-0.15, -0.1) is 0 Å². The van der Waals surface area contributed by atoms with Crippen LogP contribution in [0.2, 0.25) is 0 Å². The van der Waals surface area contributed by atoms with Crippen LogP contribution in [0.25, 0.3) is 0 Å². The van der Waals surface area contributed by atoms with Gasteiger partial charge in [0.05, 0.1) is 0 Å². The molecule has 0 aromatic heterocycles. The van der Waals surface area contributed by atoms with E-state index in [0.717, 1.165) is 25.7 Å². The largest absolute Gasteiger partial charge is 0.508 e. The van der Waals surface area contributed by atoms with Crippen LogP contribution in [0.1, 0.15) is 101 Å². The lowest BCUT2D eigenvalue weighted by Crippen LogP contribution is -2.17. The first-order chi connectivity index (χ1) is 15.7. The van der Waals surface area contributed by atoms with Crippen molar-refractivity contribution in [2.45, 2.75) is 89.9 Å². The van der Waals surface area contributed by atoms with Gasteiger partial charge in [-0.05, 0) is 24.0 Å². The van der Waals surface area contributed by atoms with E-state index in [0.29, 0.717) is 13.2 Å². The minimum atomic E-state index is -0.547. The lowest BCUT2D eigenvalue weighted by atomic mass is 9.93. The van der Waals surface area contributed by atoms with E-state index in [2.05, 4.69) is 62.4 Å². The fourth-order valence-corrected chi connectivity index (χ4v) is 4.16. The van der Waals surface area contributed by atoms with E-state index >= 15 is 0 Å². The zero-order valence-corrected chi connectivity index (χ0v) is 20.1. The fraction of sp³-hybridized carbons (Fsp3) is 0.552. The minimum Gasteiger partial charge on any atom is -0.434 e. The van der Waals surface area contributed by atoms with Crippen LogP contribution in [0.3, 0.4) is 0 Å². The number of rotatable bonds is 16. The molecule has 0 amide bonds. The molecule has 0 aliphatic heterocycles. The van der Waals surface area contributed by atoms with Gasteiger partial charge in [0.2, 0.25) is 0 Å². The molecule has 0 bridgehead atoms. The van der Waals surface area contributed by atoms with Crippen molar-refractivity contribution in [2.24, 2.45) is 0 Å². The molecule has 2 aromatic rings. The SMILES string of the molecule is CCCCCCC(COC(=O)OCC(CCCCCC)c1ccccc1)c1ccccc1. The topological polar surface area (TPSA) is 35.5 Å². The van der Waals surface area contributed by atoms with Crippen LogP contribution in [0, 0.1) is 0 Å². The molecule has 2 rings (SSSR count). The van der Waals surface area contributed by atoms with Crippen molar-refractivity contribution in [1.29, 1.82) is 0 Å². The third-order valence-corrected chi connectivity index (χ3v) is 6.16. The Kier molecular flexibility index (Phi) is 13.3. The summed E-state index contributed by atoms with van der Waals surface area (Å²) in [6.45, 7) is 5.20. The number of carbonyl (C=O) groups excluding carboxylic acids is 1. The fourth-order valence-electron chi connectivity index (χ4n) is 4.16. The quantitative estimate of drug-likeness (QED) is 0.194. The molecule has 0 saturated heterocycles. The van der Waals surface area contributed by atoms with Crippen LogP contribution in [0.15, 0.2) is 60.7 Å². The molecular weight excluding hydrogens is 396 g/mol. The van der Waals surface area contributed by atoms with Crippen molar-refractivity contribution in [1.82, 2.24) is 0 Å². The molecule has 0 heterocycles. The Morgan fingerprint density at radius 1 is 0.625 bits per heavy atom. The van der Waals surface area contributed by atoms with Gasteiger partial charge in [-0.1, -0.05) is 126 Å². The highest BCUT2D eigenvalue weighted by Crippen LogP contribution is 2.25. The molecule has 3 nitrogen and oxygen atoms in total. The molecule has 0 radical (unpaired) electrons. The predicted octanol–water partition coefficient (Wildman–Crippen LogP) is 8.65. The monoisotopic (exact) mass is 438 g/mol. The van der Waals surface area contributed by atoms with Crippen LogP contribution in [0.5, 0.6) is 0 Å². The second-order valence-electron chi connectivity index (χ2n) is 8.79. The second kappa shape index (κ2) is 16.4. The Labute approximate surface area is 195 Å². The summed E-state index contributed by atoms with van der Waals surface area (Å²) in [5, 5.41) is 0. The van der Waals surface area contributed by atoms with Gasteiger partial charge in [-0.2, -0.15) is 0 Å². The summed E-state index contributed by atoms with van der Waals surface area (Å²) in [5.41, 5.74) is 2.46. The van der Waals surface area contributed by atoms with Crippen molar-refractivity contribution < 1.29 is 14.3 Å². The van der Waals surface area contributed by atoms with Crippen LogP contribution in [0.4, 0.5) is 4.79 Å². The number of carbonyl (C=O) groups is 1. The Bertz CT molecular complexity index is 652. The third-order valence-electron chi connectivity index (χ3n) is 6.16.